The predicted octanol–water partition coefficient (Wildman–Crippen LogP) is 4.14. The molecule has 0 aliphatic heterocycles. The van der Waals surface area contributed by atoms with Gasteiger partial charge in [-0.05, 0) is 66.0 Å². The molecule has 1 aromatic heterocycles. The molecule has 1 amide bonds. The molecule has 1 heterocycles. The van der Waals surface area contributed by atoms with Crippen molar-refractivity contribution in [1.29, 1.82) is 0 Å². The van der Waals surface area contributed by atoms with Crippen LogP contribution in [0.2, 0.25) is 0 Å². The molecule has 0 radical (unpaired) electrons. The number of hydrogen-bond donors (Lipinski definition) is 1. The van der Waals surface area contributed by atoms with E-state index in [2.05, 4.69) is 27.3 Å². The smallest absolute Gasteiger partial charge is 0.272 e. The lowest BCUT2D eigenvalue weighted by Gasteiger charge is -2.12. The first-order valence-corrected chi connectivity index (χ1v) is 7.05. The summed E-state index contributed by atoms with van der Waals surface area (Å²) in [5.41, 5.74) is 3.72. The van der Waals surface area contributed by atoms with Crippen LogP contribution in [0.25, 0.3) is 0 Å². The number of halogens is 1. The Balaban J connectivity index is 2.29. The van der Waals surface area contributed by atoms with Gasteiger partial charge in [0.1, 0.15) is 5.69 Å². The average molecular weight is 321 g/mol. The highest BCUT2D eigenvalue weighted by atomic mass is 79.9. The second-order valence-corrected chi connectivity index (χ2v) is 5.43. The highest BCUT2D eigenvalue weighted by Gasteiger charge is 2.13. The fourth-order valence-electron chi connectivity index (χ4n) is 2.15. The first-order valence-electron chi connectivity index (χ1n) is 6.26. The fraction of sp³-hybridized carbons (Fsp3) is 0.267. The van der Waals surface area contributed by atoms with Crippen molar-refractivity contribution in [3.05, 3.63) is 51.8 Å². The van der Waals surface area contributed by atoms with Gasteiger partial charge in [0.2, 0.25) is 0 Å². The van der Waals surface area contributed by atoms with Crippen molar-refractivity contribution < 1.29 is 4.79 Å². The summed E-state index contributed by atoms with van der Waals surface area (Å²) in [5, 5.41) is 2.98. The van der Waals surface area contributed by atoms with Crippen LogP contribution < -0.4 is 5.32 Å². The fourth-order valence-corrected chi connectivity index (χ4v) is 2.92. The number of aryl methyl sites for hydroxylation is 3. The van der Waals surface area contributed by atoms with Gasteiger partial charge in [-0.25, -0.2) is 0 Å². The second-order valence-electron chi connectivity index (χ2n) is 4.57. The van der Waals surface area contributed by atoms with Crippen molar-refractivity contribution in [2.75, 3.05) is 5.32 Å². The van der Waals surface area contributed by atoms with Gasteiger partial charge in [-0.15, -0.1) is 0 Å². The zero-order valence-electron chi connectivity index (χ0n) is 11.3. The minimum Gasteiger partial charge on any atom is -0.344 e. The third-order valence-electron chi connectivity index (χ3n) is 3.07. The maximum Gasteiger partial charge on any atom is 0.272 e. The number of nitrogens with zero attached hydrogens (tertiary/aromatic N) is 1. The summed E-state index contributed by atoms with van der Waals surface area (Å²) in [7, 11) is 0. The number of carbonyl (C=O) groups is 1. The molecule has 0 spiro atoms. The zero-order valence-corrected chi connectivity index (χ0v) is 12.9. The van der Waals surface area contributed by atoms with Crippen LogP contribution in [-0.2, 0) is 6.54 Å². The summed E-state index contributed by atoms with van der Waals surface area (Å²) in [6.07, 6.45) is 1.91. The summed E-state index contributed by atoms with van der Waals surface area (Å²) in [5.74, 6) is -0.0838. The van der Waals surface area contributed by atoms with E-state index in [1.54, 1.807) is 0 Å². The van der Waals surface area contributed by atoms with Crippen LogP contribution in [0.4, 0.5) is 5.69 Å². The topological polar surface area (TPSA) is 34.0 Å². The van der Waals surface area contributed by atoms with E-state index >= 15 is 0 Å². The van der Waals surface area contributed by atoms with E-state index in [0.717, 1.165) is 22.3 Å². The summed E-state index contributed by atoms with van der Waals surface area (Å²) in [4.78, 5) is 12.3. The van der Waals surface area contributed by atoms with Crippen LogP contribution in [0, 0.1) is 13.8 Å². The molecule has 3 nitrogen and oxygen atoms in total. The minimum atomic E-state index is -0.0838. The van der Waals surface area contributed by atoms with E-state index in [-0.39, 0.29) is 5.91 Å². The van der Waals surface area contributed by atoms with Crippen molar-refractivity contribution >= 4 is 27.5 Å². The van der Waals surface area contributed by atoms with Crippen LogP contribution in [0.3, 0.4) is 0 Å². The van der Waals surface area contributed by atoms with Crippen LogP contribution in [0.5, 0.6) is 0 Å². The van der Waals surface area contributed by atoms with Gasteiger partial charge in [0, 0.05) is 17.2 Å². The summed E-state index contributed by atoms with van der Waals surface area (Å²) >= 11 is 3.50. The SMILES string of the molecule is CCn1cccc1C(=O)Nc1c(C)cc(C)cc1Br. The zero-order chi connectivity index (χ0) is 14.0. The Hall–Kier alpha value is -1.55. The highest BCUT2D eigenvalue weighted by Crippen LogP contribution is 2.28. The normalized spacial score (nSPS) is 10.5. The molecule has 0 atom stereocenters. The number of benzene rings is 1. The number of hydrogen-bond acceptors (Lipinski definition) is 1. The van der Waals surface area contributed by atoms with E-state index in [9.17, 15) is 4.79 Å². The average Bonchev–Trinajstić information content (AvgIpc) is 2.81. The Kier molecular flexibility index (Phi) is 4.10. The second kappa shape index (κ2) is 5.61. The lowest BCUT2D eigenvalue weighted by atomic mass is 10.1. The molecular formula is C15H17BrN2O. The third-order valence-corrected chi connectivity index (χ3v) is 3.70. The summed E-state index contributed by atoms with van der Waals surface area (Å²) < 4.78 is 2.83. The molecule has 100 valence electrons. The molecule has 19 heavy (non-hydrogen) atoms. The number of aromatic nitrogens is 1. The maximum absolute atomic E-state index is 12.3. The van der Waals surface area contributed by atoms with Crippen molar-refractivity contribution in [2.45, 2.75) is 27.3 Å². The van der Waals surface area contributed by atoms with Crippen molar-refractivity contribution in [2.24, 2.45) is 0 Å². The Morgan fingerprint density at radius 1 is 1.37 bits per heavy atom. The molecule has 2 rings (SSSR count). The lowest BCUT2D eigenvalue weighted by molar-refractivity contribution is 0.101. The molecule has 0 aliphatic carbocycles. The van der Waals surface area contributed by atoms with Crippen LogP contribution in [0.1, 0.15) is 28.5 Å². The van der Waals surface area contributed by atoms with E-state index in [1.165, 1.54) is 5.56 Å². The van der Waals surface area contributed by atoms with Gasteiger partial charge in [-0.3, -0.25) is 4.79 Å². The highest BCUT2D eigenvalue weighted by molar-refractivity contribution is 9.10. The van der Waals surface area contributed by atoms with Gasteiger partial charge in [-0.1, -0.05) is 6.07 Å². The Bertz CT molecular complexity index is 593. The first-order chi connectivity index (χ1) is 9.02. The lowest BCUT2D eigenvalue weighted by Crippen LogP contribution is -2.17. The van der Waals surface area contributed by atoms with E-state index < -0.39 is 0 Å². The predicted molar refractivity (Wildman–Crippen MR) is 81.7 cm³/mol. The molecule has 0 bridgehead atoms. The Morgan fingerprint density at radius 3 is 2.74 bits per heavy atom. The molecule has 0 unspecified atom stereocenters. The van der Waals surface area contributed by atoms with E-state index in [1.807, 2.05) is 49.7 Å². The maximum atomic E-state index is 12.3. The van der Waals surface area contributed by atoms with Gasteiger partial charge in [0.05, 0.1) is 5.69 Å². The molecule has 1 N–H and O–H groups in total. The van der Waals surface area contributed by atoms with Crippen molar-refractivity contribution in [3.63, 3.8) is 0 Å². The summed E-state index contributed by atoms with van der Waals surface area (Å²) in [6.45, 7) is 6.82. The number of rotatable bonds is 3. The monoisotopic (exact) mass is 320 g/mol. The van der Waals surface area contributed by atoms with Gasteiger partial charge in [-0.2, -0.15) is 0 Å². The largest absolute Gasteiger partial charge is 0.344 e. The quantitative estimate of drug-likeness (QED) is 0.906. The Labute approximate surface area is 121 Å². The molecule has 0 aliphatic rings. The van der Waals surface area contributed by atoms with Crippen LogP contribution >= 0.6 is 15.9 Å². The minimum absolute atomic E-state index is 0.0838. The molecule has 0 fully saturated rings. The standard InChI is InChI=1S/C15H17BrN2O/c1-4-18-7-5-6-13(18)15(19)17-14-11(3)8-10(2)9-12(14)16/h5-9H,4H2,1-3H3,(H,17,19). The first kappa shape index (κ1) is 13.9. The molecule has 0 saturated heterocycles. The molecule has 1 aromatic carbocycles. The van der Waals surface area contributed by atoms with E-state index in [4.69, 9.17) is 0 Å². The number of amides is 1. The Morgan fingerprint density at radius 2 is 2.11 bits per heavy atom. The van der Waals surface area contributed by atoms with Crippen molar-refractivity contribution in [3.8, 4) is 0 Å². The van der Waals surface area contributed by atoms with E-state index in [0.29, 0.717) is 5.69 Å². The number of nitrogens with one attached hydrogen (secondary N) is 1. The number of anilines is 1. The molecule has 0 saturated carbocycles. The van der Waals surface area contributed by atoms with Crippen LogP contribution in [0.15, 0.2) is 34.9 Å². The number of carbonyl (C=O) groups excluding carboxylic acids is 1. The third kappa shape index (κ3) is 2.89. The van der Waals surface area contributed by atoms with Gasteiger partial charge < -0.3 is 9.88 Å². The molecule has 2 aromatic rings. The summed E-state index contributed by atoms with van der Waals surface area (Å²) in [6, 6.07) is 7.77. The molecule has 4 heteroatoms. The van der Waals surface area contributed by atoms with Gasteiger partial charge in [0.25, 0.3) is 5.91 Å². The van der Waals surface area contributed by atoms with Crippen LogP contribution in [-0.4, -0.2) is 10.5 Å². The molecular weight excluding hydrogens is 304 g/mol. The van der Waals surface area contributed by atoms with Gasteiger partial charge >= 0.3 is 0 Å². The van der Waals surface area contributed by atoms with Crippen molar-refractivity contribution in [1.82, 2.24) is 4.57 Å². The van der Waals surface area contributed by atoms with Gasteiger partial charge in [0.15, 0.2) is 0 Å².